The molecule has 1 aliphatic rings. The summed E-state index contributed by atoms with van der Waals surface area (Å²) in [5.74, 6) is -2.15. The van der Waals surface area contributed by atoms with Crippen LogP contribution in [0.2, 0.25) is 5.02 Å². The maximum Gasteiger partial charge on any atom is 0.325 e. The molecule has 1 saturated heterocycles. The fraction of sp³-hybridized carbons (Fsp3) is 0.375. The van der Waals surface area contributed by atoms with Gasteiger partial charge in [0.2, 0.25) is 5.91 Å². The number of rotatable bonds is 6. The molecule has 0 aliphatic carbocycles. The molecular weight excluding hydrogens is 383 g/mol. The Labute approximate surface area is 159 Å². The van der Waals surface area contributed by atoms with Crippen molar-refractivity contribution >= 4 is 35.4 Å². The van der Waals surface area contributed by atoms with Crippen LogP contribution in [0.25, 0.3) is 0 Å². The number of nitrogens with one attached hydrogen (secondary N) is 3. The molecule has 5 amide bonds. The molecule has 1 aliphatic heterocycles. The molecule has 2 rings (SSSR count). The largest absolute Gasteiger partial charge is 0.482 e. The average Bonchev–Trinajstić information content (AvgIpc) is 2.77. The van der Waals surface area contributed by atoms with Crippen LogP contribution >= 0.6 is 11.6 Å². The number of hydrogen-bond acceptors (Lipinski definition) is 5. The Bertz CT molecular complexity index is 786. The number of hydrogen-bond donors (Lipinski definition) is 3. The lowest BCUT2D eigenvalue weighted by Crippen LogP contribution is -2.45. The van der Waals surface area contributed by atoms with E-state index in [1.807, 2.05) is 0 Å². The monoisotopic (exact) mass is 400 g/mol. The first kappa shape index (κ1) is 20.4. The molecule has 1 fully saturated rings. The van der Waals surface area contributed by atoms with Gasteiger partial charge in [-0.2, -0.15) is 0 Å². The van der Waals surface area contributed by atoms with E-state index in [0.29, 0.717) is 0 Å². The summed E-state index contributed by atoms with van der Waals surface area (Å²) in [4.78, 5) is 48.0. The van der Waals surface area contributed by atoms with Crippen molar-refractivity contribution < 1.29 is 28.3 Å². The predicted molar refractivity (Wildman–Crippen MR) is 92.1 cm³/mol. The molecule has 0 radical (unpaired) electrons. The number of carbonyl (C=O) groups excluding carboxylic acids is 4. The third-order valence-corrected chi connectivity index (χ3v) is 3.90. The molecule has 0 bridgehead atoms. The van der Waals surface area contributed by atoms with E-state index in [-0.39, 0.29) is 23.7 Å². The summed E-state index contributed by atoms with van der Waals surface area (Å²) in [6.45, 7) is 2.52. The average molecular weight is 401 g/mol. The number of nitrogens with zero attached hydrogens (tertiary/aromatic N) is 1. The second kappa shape index (κ2) is 8.21. The number of imide groups is 1. The SMILES string of the molecule is CC1(C)NC(=O)N(CCC(=O)NNC(=O)COc2ccc(F)cc2Cl)C1=O. The number of carbonyl (C=O) groups is 4. The van der Waals surface area contributed by atoms with Crippen LogP contribution in [0.5, 0.6) is 5.75 Å². The Kier molecular flexibility index (Phi) is 6.21. The molecule has 1 aromatic carbocycles. The zero-order valence-corrected chi connectivity index (χ0v) is 15.4. The molecular formula is C16H18ClFN4O5. The summed E-state index contributed by atoms with van der Waals surface area (Å²) >= 11 is 5.76. The summed E-state index contributed by atoms with van der Waals surface area (Å²) in [5.41, 5.74) is 3.24. The normalized spacial score (nSPS) is 15.3. The van der Waals surface area contributed by atoms with E-state index in [4.69, 9.17) is 16.3 Å². The zero-order chi connectivity index (χ0) is 20.2. The Morgan fingerprint density at radius 2 is 1.93 bits per heavy atom. The second-order valence-electron chi connectivity index (χ2n) is 6.22. The Morgan fingerprint density at radius 3 is 2.52 bits per heavy atom. The minimum absolute atomic E-state index is 0.00307. The van der Waals surface area contributed by atoms with Crippen LogP contribution in [0.1, 0.15) is 20.3 Å². The van der Waals surface area contributed by atoms with Crippen molar-refractivity contribution in [1.29, 1.82) is 0 Å². The van der Waals surface area contributed by atoms with E-state index in [2.05, 4.69) is 16.2 Å². The van der Waals surface area contributed by atoms with Gasteiger partial charge in [0.05, 0.1) is 5.02 Å². The van der Waals surface area contributed by atoms with Gasteiger partial charge in [0.25, 0.3) is 11.8 Å². The molecule has 3 N–H and O–H groups in total. The predicted octanol–water partition coefficient (Wildman–Crippen LogP) is 0.726. The molecule has 11 heteroatoms. The van der Waals surface area contributed by atoms with E-state index >= 15 is 0 Å². The molecule has 146 valence electrons. The van der Waals surface area contributed by atoms with Crippen molar-refractivity contribution in [3.63, 3.8) is 0 Å². The van der Waals surface area contributed by atoms with Crippen LogP contribution in [0.3, 0.4) is 0 Å². The molecule has 9 nitrogen and oxygen atoms in total. The van der Waals surface area contributed by atoms with E-state index in [1.165, 1.54) is 6.07 Å². The number of halogens is 2. The minimum Gasteiger partial charge on any atom is -0.482 e. The molecule has 0 aromatic heterocycles. The molecule has 0 atom stereocenters. The number of hydrazine groups is 1. The van der Waals surface area contributed by atoms with Gasteiger partial charge in [-0.15, -0.1) is 0 Å². The van der Waals surface area contributed by atoms with Crippen LogP contribution in [0, 0.1) is 5.82 Å². The summed E-state index contributed by atoms with van der Waals surface area (Å²) in [7, 11) is 0. The van der Waals surface area contributed by atoms with Crippen molar-refractivity contribution in [2.24, 2.45) is 0 Å². The highest BCUT2D eigenvalue weighted by Crippen LogP contribution is 2.24. The Hall–Kier alpha value is -2.88. The van der Waals surface area contributed by atoms with Gasteiger partial charge in [-0.25, -0.2) is 9.18 Å². The van der Waals surface area contributed by atoms with Crippen LogP contribution in [0.4, 0.5) is 9.18 Å². The number of urea groups is 1. The Morgan fingerprint density at radius 1 is 1.26 bits per heavy atom. The van der Waals surface area contributed by atoms with Gasteiger partial charge >= 0.3 is 6.03 Å². The van der Waals surface area contributed by atoms with Crippen LogP contribution < -0.4 is 20.9 Å². The van der Waals surface area contributed by atoms with Gasteiger partial charge in [-0.05, 0) is 32.0 Å². The van der Waals surface area contributed by atoms with E-state index in [0.717, 1.165) is 17.0 Å². The summed E-state index contributed by atoms with van der Waals surface area (Å²) in [6.07, 6.45) is -0.194. The van der Waals surface area contributed by atoms with Gasteiger partial charge < -0.3 is 10.1 Å². The fourth-order valence-electron chi connectivity index (χ4n) is 2.21. The summed E-state index contributed by atoms with van der Waals surface area (Å²) < 4.78 is 18.0. The summed E-state index contributed by atoms with van der Waals surface area (Å²) in [5, 5.41) is 2.50. The van der Waals surface area contributed by atoms with Crippen LogP contribution in [-0.2, 0) is 14.4 Å². The molecule has 0 saturated carbocycles. The summed E-state index contributed by atoms with van der Waals surface area (Å²) in [6, 6.07) is 2.85. The number of ether oxygens (including phenoxy) is 1. The maximum atomic E-state index is 12.9. The smallest absolute Gasteiger partial charge is 0.325 e. The van der Waals surface area contributed by atoms with Crippen molar-refractivity contribution in [2.45, 2.75) is 25.8 Å². The fourth-order valence-corrected chi connectivity index (χ4v) is 2.43. The van der Waals surface area contributed by atoms with Crippen molar-refractivity contribution in [1.82, 2.24) is 21.1 Å². The highest BCUT2D eigenvalue weighted by atomic mass is 35.5. The first-order valence-electron chi connectivity index (χ1n) is 7.90. The van der Waals surface area contributed by atoms with E-state index < -0.39 is 41.7 Å². The Balaban J connectivity index is 1.71. The maximum absolute atomic E-state index is 12.9. The number of amides is 5. The standard InChI is InChI=1S/C16H18ClFN4O5/c1-16(2)14(25)22(15(26)19-16)6-5-12(23)20-21-13(24)8-27-11-4-3-9(18)7-10(11)17/h3-4,7H,5-6,8H2,1-2H3,(H,19,26)(H,20,23)(H,21,24). The zero-order valence-electron chi connectivity index (χ0n) is 14.6. The first-order chi connectivity index (χ1) is 12.6. The lowest BCUT2D eigenvalue weighted by molar-refractivity contribution is -0.132. The topological polar surface area (TPSA) is 117 Å². The van der Waals surface area contributed by atoms with Crippen molar-refractivity contribution in [3.05, 3.63) is 29.0 Å². The first-order valence-corrected chi connectivity index (χ1v) is 8.27. The van der Waals surface area contributed by atoms with Gasteiger partial charge in [-0.3, -0.25) is 30.1 Å². The lowest BCUT2D eigenvalue weighted by Gasteiger charge is -2.15. The van der Waals surface area contributed by atoms with Crippen LogP contribution in [-0.4, -0.2) is 47.3 Å². The van der Waals surface area contributed by atoms with Gasteiger partial charge in [0, 0.05) is 13.0 Å². The van der Waals surface area contributed by atoms with Gasteiger partial charge in [-0.1, -0.05) is 11.6 Å². The lowest BCUT2D eigenvalue weighted by atomic mass is 10.1. The highest BCUT2D eigenvalue weighted by molar-refractivity contribution is 6.32. The molecule has 0 spiro atoms. The highest BCUT2D eigenvalue weighted by Gasteiger charge is 2.43. The van der Waals surface area contributed by atoms with Crippen LogP contribution in [0.15, 0.2) is 18.2 Å². The molecule has 1 aromatic rings. The van der Waals surface area contributed by atoms with E-state index in [9.17, 15) is 23.6 Å². The molecule has 27 heavy (non-hydrogen) atoms. The third kappa shape index (κ3) is 5.30. The third-order valence-electron chi connectivity index (χ3n) is 3.60. The second-order valence-corrected chi connectivity index (χ2v) is 6.63. The van der Waals surface area contributed by atoms with Gasteiger partial charge in [0.1, 0.15) is 17.1 Å². The van der Waals surface area contributed by atoms with E-state index in [1.54, 1.807) is 13.8 Å². The molecule has 1 heterocycles. The van der Waals surface area contributed by atoms with Gasteiger partial charge in [0.15, 0.2) is 6.61 Å². The van der Waals surface area contributed by atoms with Crippen molar-refractivity contribution in [2.75, 3.05) is 13.2 Å². The minimum atomic E-state index is -1.01. The number of benzene rings is 1. The molecule has 0 unspecified atom stereocenters. The van der Waals surface area contributed by atoms with Crippen molar-refractivity contribution in [3.8, 4) is 5.75 Å². The quantitative estimate of drug-likeness (QED) is 0.480.